The molecule has 4 amide bonds. The summed E-state index contributed by atoms with van der Waals surface area (Å²) in [5.74, 6) is 0. The van der Waals surface area contributed by atoms with E-state index in [-0.39, 0.29) is 18.5 Å². The number of rotatable bonds is 11. The number of carbonyl (C=O) groups is 4. The van der Waals surface area contributed by atoms with Crippen LogP contribution < -0.4 is 31.9 Å². The third kappa shape index (κ3) is 10.2. The van der Waals surface area contributed by atoms with Gasteiger partial charge in [0.25, 0.3) is 0 Å². The fraction of sp³-hybridized carbons (Fsp3) is 0.333. The number of hydrogen-bond acceptors (Lipinski definition) is 6. The fourth-order valence-corrected chi connectivity index (χ4v) is 3.51. The molecule has 0 spiro atoms. The van der Waals surface area contributed by atoms with E-state index >= 15 is 0 Å². The highest BCUT2D eigenvalue weighted by Crippen LogP contribution is 2.27. The van der Waals surface area contributed by atoms with Gasteiger partial charge in [-0.3, -0.25) is 31.9 Å². The normalized spacial score (nSPS) is 11.2. The van der Waals surface area contributed by atoms with E-state index in [0.29, 0.717) is 11.1 Å². The Morgan fingerprint density at radius 1 is 0.632 bits per heavy atom. The van der Waals surface area contributed by atoms with E-state index in [9.17, 15) is 19.2 Å². The van der Waals surface area contributed by atoms with Crippen LogP contribution in [0.25, 0.3) is 11.1 Å². The number of amides is 4. The van der Waals surface area contributed by atoms with E-state index in [2.05, 4.69) is 31.4 Å². The molecule has 2 rings (SSSR count). The standard InChI is InChI=1S/C24H32N6O8/c1-24(2,3)17-6-4-15(5-7-17)16-9-13(11-25-18(27-20(31)32)28-21(33)34)8-14(10-16)12-26-19(29-22(35)36)30-23(37)38/h4-10,18-19,25-30H,11-12H2,1-3H3,(H,31,32)(H,33,34)(H,35,36)(H,37,38). The van der Waals surface area contributed by atoms with Crippen LogP contribution in [-0.4, -0.2) is 57.4 Å². The molecule has 206 valence electrons. The minimum Gasteiger partial charge on any atom is -0.465 e. The Kier molecular flexibility index (Phi) is 10.2. The molecule has 2 aromatic carbocycles. The molecule has 0 bridgehead atoms. The highest BCUT2D eigenvalue weighted by atomic mass is 16.4. The van der Waals surface area contributed by atoms with Crippen LogP contribution in [-0.2, 0) is 18.5 Å². The molecule has 0 unspecified atom stereocenters. The molecule has 0 saturated carbocycles. The average Bonchev–Trinajstić information content (AvgIpc) is 2.79. The Morgan fingerprint density at radius 2 is 1.00 bits per heavy atom. The molecule has 0 aromatic heterocycles. The largest absolute Gasteiger partial charge is 0.465 e. The van der Waals surface area contributed by atoms with Crippen LogP contribution in [0.15, 0.2) is 42.5 Å². The maximum atomic E-state index is 11.0. The van der Waals surface area contributed by atoms with Crippen molar-refractivity contribution >= 4 is 24.4 Å². The van der Waals surface area contributed by atoms with E-state index in [1.165, 1.54) is 0 Å². The summed E-state index contributed by atoms with van der Waals surface area (Å²) in [6, 6.07) is 13.3. The van der Waals surface area contributed by atoms with Crippen LogP contribution in [0.2, 0.25) is 0 Å². The zero-order chi connectivity index (χ0) is 28.5. The quantitative estimate of drug-likeness (QED) is 0.190. The average molecular weight is 533 g/mol. The van der Waals surface area contributed by atoms with Gasteiger partial charge in [0, 0.05) is 13.1 Å². The van der Waals surface area contributed by atoms with Crippen molar-refractivity contribution in [2.45, 2.75) is 51.9 Å². The Morgan fingerprint density at radius 3 is 1.32 bits per heavy atom. The molecule has 38 heavy (non-hydrogen) atoms. The number of nitrogens with one attached hydrogen (secondary N) is 6. The van der Waals surface area contributed by atoms with Crippen molar-refractivity contribution in [3.63, 3.8) is 0 Å². The molecule has 0 aliphatic heterocycles. The van der Waals surface area contributed by atoms with Gasteiger partial charge in [-0.2, -0.15) is 0 Å². The van der Waals surface area contributed by atoms with Crippen molar-refractivity contribution in [3.05, 3.63) is 59.2 Å². The van der Waals surface area contributed by atoms with Gasteiger partial charge < -0.3 is 20.4 Å². The van der Waals surface area contributed by atoms with Crippen LogP contribution in [0, 0.1) is 0 Å². The van der Waals surface area contributed by atoms with Crippen molar-refractivity contribution in [3.8, 4) is 11.1 Å². The maximum absolute atomic E-state index is 11.0. The molecule has 0 atom stereocenters. The van der Waals surface area contributed by atoms with Crippen molar-refractivity contribution in [1.82, 2.24) is 31.9 Å². The summed E-state index contributed by atoms with van der Waals surface area (Å²) >= 11 is 0. The van der Waals surface area contributed by atoms with Gasteiger partial charge in [0.2, 0.25) is 0 Å². The third-order valence-corrected chi connectivity index (χ3v) is 5.23. The molecule has 0 radical (unpaired) electrons. The molecule has 14 heteroatoms. The molecule has 0 heterocycles. The van der Waals surface area contributed by atoms with Gasteiger partial charge >= 0.3 is 24.4 Å². The highest BCUT2D eigenvalue weighted by molar-refractivity contribution is 5.69. The van der Waals surface area contributed by atoms with Gasteiger partial charge in [0.15, 0.2) is 12.6 Å². The minimum absolute atomic E-state index is 0.0496. The zero-order valence-corrected chi connectivity index (χ0v) is 21.0. The number of carboxylic acid groups (broad SMARTS) is 4. The summed E-state index contributed by atoms with van der Waals surface area (Å²) < 4.78 is 0. The summed E-state index contributed by atoms with van der Waals surface area (Å²) in [7, 11) is 0. The first kappa shape index (κ1) is 29.7. The number of benzene rings is 2. The van der Waals surface area contributed by atoms with Gasteiger partial charge in [-0.1, -0.05) is 51.1 Å². The lowest BCUT2D eigenvalue weighted by molar-refractivity contribution is 0.168. The number of hydrogen-bond donors (Lipinski definition) is 10. The van der Waals surface area contributed by atoms with Crippen molar-refractivity contribution in [2.75, 3.05) is 0 Å². The van der Waals surface area contributed by atoms with Gasteiger partial charge in [-0.05, 0) is 45.4 Å². The predicted octanol–water partition coefficient (Wildman–Crippen LogP) is 2.47. The first-order valence-corrected chi connectivity index (χ1v) is 11.4. The van der Waals surface area contributed by atoms with E-state index in [1.807, 2.05) is 57.7 Å². The highest BCUT2D eigenvalue weighted by Gasteiger charge is 2.17. The molecule has 2 aromatic rings. The zero-order valence-electron chi connectivity index (χ0n) is 21.0. The summed E-state index contributed by atoms with van der Waals surface area (Å²) in [4.78, 5) is 44.0. The summed E-state index contributed by atoms with van der Waals surface area (Å²) in [5.41, 5.74) is 4.03. The van der Waals surface area contributed by atoms with Crippen molar-refractivity contribution < 1.29 is 39.6 Å². The van der Waals surface area contributed by atoms with Gasteiger partial charge in [0.05, 0.1) is 0 Å². The molecule has 0 saturated heterocycles. The topological polar surface area (TPSA) is 221 Å². The Bertz CT molecular complexity index is 1060. The third-order valence-electron chi connectivity index (χ3n) is 5.23. The van der Waals surface area contributed by atoms with Crippen LogP contribution in [0.5, 0.6) is 0 Å². The molecular formula is C24H32N6O8. The lowest BCUT2D eigenvalue weighted by Crippen LogP contribution is -2.55. The maximum Gasteiger partial charge on any atom is 0.407 e. The first-order valence-electron chi connectivity index (χ1n) is 11.4. The second-order valence-electron chi connectivity index (χ2n) is 9.29. The van der Waals surface area contributed by atoms with Crippen LogP contribution in [0.3, 0.4) is 0 Å². The smallest absolute Gasteiger partial charge is 0.407 e. The van der Waals surface area contributed by atoms with Gasteiger partial charge in [0.1, 0.15) is 0 Å². The van der Waals surface area contributed by atoms with E-state index in [0.717, 1.165) is 16.7 Å². The van der Waals surface area contributed by atoms with E-state index in [4.69, 9.17) is 20.4 Å². The molecule has 14 nitrogen and oxygen atoms in total. The molecule has 0 fully saturated rings. The van der Waals surface area contributed by atoms with Gasteiger partial charge in [-0.15, -0.1) is 0 Å². The lowest BCUT2D eigenvalue weighted by Gasteiger charge is -2.21. The van der Waals surface area contributed by atoms with Crippen molar-refractivity contribution in [2.24, 2.45) is 0 Å². The van der Waals surface area contributed by atoms with E-state index in [1.54, 1.807) is 6.07 Å². The molecular weight excluding hydrogens is 500 g/mol. The van der Waals surface area contributed by atoms with Crippen LogP contribution >= 0.6 is 0 Å². The van der Waals surface area contributed by atoms with Crippen LogP contribution in [0.4, 0.5) is 19.2 Å². The first-order chi connectivity index (χ1) is 17.7. The van der Waals surface area contributed by atoms with E-state index < -0.39 is 37.0 Å². The summed E-state index contributed by atoms with van der Waals surface area (Å²) in [6.07, 6.45) is -8.31. The minimum atomic E-state index is -1.43. The second-order valence-corrected chi connectivity index (χ2v) is 9.29. The monoisotopic (exact) mass is 532 g/mol. The Labute approximate surface area is 218 Å². The Hall–Kier alpha value is -4.56. The predicted molar refractivity (Wildman–Crippen MR) is 136 cm³/mol. The summed E-state index contributed by atoms with van der Waals surface area (Å²) in [5, 5.41) is 49.5. The second kappa shape index (κ2) is 13.1. The Balaban J connectivity index is 2.36. The van der Waals surface area contributed by atoms with Gasteiger partial charge in [-0.25, -0.2) is 19.2 Å². The summed E-state index contributed by atoms with van der Waals surface area (Å²) in [6.45, 7) is 6.39. The lowest BCUT2D eigenvalue weighted by atomic mass is 9.86. The molecule has 0 aliphatic carbocycles. The van der Waals surface area contributed by atoms with Crippen LogP contribution in [0.1, 0.15) is 37.5 Å². The van der Waals surface area contributed by atoms with Crippen molar-refractivity contribution in [1.29, 1.82) is 0 Å². The SMILES string of the molecule is CC(C)(C)c1ccc(-c2cc(CNC(NC(=O)O)NC(=O)O)cc(CNC(NC(=O)O)NC(=O)O)c2)cc1. The molecule has 10 N–H and O–H groups in total. The fourth-order valence-electron chi connectivity index (χ4n) is 3.51. The molecule has 0 aliphatic rings.